The predicted molar refractivity (Wildman–Crippen MR) is 93.0 cm³/mol. The highest BCUT2D eigenvalue weighted by atomic mass is 15.3. The Morgan fingerprint density at radius 3 is 3.08 bits per heavy atom. The van der Waals surface area contributed by atoms with Crippen molar-refractivity contribution < 1.29 is 0 Å². The van der Waals surface area contributed by atoms with Crippen molar-refractivity contribution in [2.75, 3.05) is 0 Å². The molecular weight excluding hydrogens is 300 g/mol. The average molecular weight is 322 g/mol. The Morgan fingerprint density at radius 1 is 1.33 bits per heavy atom. The molecule has 0 bridgehead atoms. The van der Waals surface area contributed by atoms with Crippen LogP contribution in [0.25, 0.3) is 22.3 Å². The summed E-state index contributed by atoms with van der Waals surface area (Å²) >= 11 is 0. The number of aromatic nitrogens is 5. The van der Waals surface area contributed by atoms with E-state index in [0.717, 1.165) is 41.7 Å². The van der Waals surface area contributed by atoms with Gasteiger partial charge in [-0.3, -0.25) is 4.68 Å². The van der Waals surface area contributed by atoms with Crippen LogP contribution >= 0.6 is 0 Å². The maximum atomic E-state index is 8.85. The Morgan fingerprint density at radius 2 is 2.25 bits per heavy atom. The summed E-state index contributed by atoms with van der Waals surface area (Å²) in [7, 11) is 0. The largest absolute Gasteiger partial charge is 0.346 e. The molecule has 6 nitrogen and oxygen atoms in total. The fourth-order valence-corrected chi connectivity index (χ4v) is 3.04. The quantitative estimate of drug-likeness (QED) is 0.681. The first kappa shape index (κ1) is 16.2. The van der Waals surface area contributed by atoms with Gasteiger partial charge in [-0.1, -0.05) is 19.8 Å². The van der Waals surface area contributed by atoms with E-state index in [1.165, 1.54) is 12.8 Å². The number of nitriles is 1. The zero-order valence-electron chi connectivity index (χ0n) is 13.9. The highest BCUT2D eigenvalue weighted by molar-refractivity contribution is 5.89. The van der Waals surface area contributed by atoms with Gasteiger partial charge in [0.2, 0.25) is 0 Å². The van der Waals surface area contributed by atoms with Crippen LogP contribution in [0.1, 0.15) is 39.0 Å². The normalized spacial score (nSPS) is 12.3. The Labute approximate surface area is 141 Å². The number of nitrogens with zero attached hydrogens (tertiary/aromatic N) is 5. The molecule has 0 aromatic carbocycles. The van der Waals surface area contributed by atoms with Crippen LogP contribution in [0.4, 0.5) is 0 Å². The van der Waals surface area contributed by atoms with Crippen LogP contribution in [0.3, 0.4) is 0 Å². The van der Waals surface area contributed by atoms with Crippen LogP contribution in [-0.2, 0) is 6.54 Å². The van der Waals surface area contributed by atoms with E-state index in [2.05, 4.69) is 33.0 Å². The van der Waals surface area contributed by atoms with Gasteiger partial charge in [-0.15, -0.1) is 0 Å². The van der Waals surface area contributed by atoms with Gasteiger partial charge in [-0.25, -0.2) is 9.97 Å². The highest BCUT2D eigenvalue weighted by Gasteiger charge is 2.13. The first-order chi connectivity index (χ1) is 11.8. The summed E-state index contributed by atoms with van der Waals surface area (Å²) in [6.07, 6.45) is 12.4. The van der Waals surface area contributed by atoms with Gasteiger partial charge in [0.25, 0.3) is 0 Å². The Balaban J connectivity index is 1.77. The van der Waals surface area contributed by atoms with Gasteiger partial charge in [0.1, 0.15) is 12.0 Å². The summed E-state index contributed by atoms with van der Waals surface area (Å²) < 4.78 is 1.98. The smallest absolute Gasteiger partial charge is 0.141 e. The minimum atomic E-state index is 0.495. The fraction of sp³-hybridized carbons (Fsp3) is 0.444. The van der Waals surface area contributed by atoms with Gasteiger partial charge >= 0.3 is 0 Å². The Hall–Kier alpha value is -2.68. The van der Waals surface area contributed by atoms with E-state index in [1.807, 2.05) is 29.3 Å². The summed E-state index contributed by atoms with van der Waals surface area (Å²) in [5.41, 5.74) is 2.73. The number of aromatic amines is 1. The summed E-state index contributed by atoms with van der Waals surface area (Å²) in [6, 6.07) is 4.24. The Kier molecular flexibility index (Phi) is 5.22. The summed E-state index contributed by atoms with van der Waals surface area (Å²) in [6.45, 7) is 3.05. The Bertz CT molecular complexity index is 825. The standard InChI is InChI=1S/C18H22N6/c1-2-3-5-14(6-4-8-19)11-24-12-15(10-23-24)17-16-7-9-20-18(16)22-13-21-17/h7,9-10,12-14H,2-6,11H2,1H3,(H,20,21,22). The van der Waals surface area contributed by atoms with E-state index in [9.17, 15) is 0 Å². The van der Waals surface area contributed by atoms with Crippen molar-refractivity contribution in [2.45, 2.75) is 45.6 Å². The molecule has 0 aliphatic rings. The number of H-pyrrole nitrogens is 1. The molecule has 0 aliphatic carbocycles. The van der Waals surface area contributed by atoms with Crippen molar-refractivity contribution >= 4 is 11.0 Å². The maximum absolute atomic E-state index is 8.85. The van der Waals surface area contributed by atoms with Crippen molar-refractivity contribution in [3.8, 4) is 17.3 Å². The molecule has 1 N–H and O–H groups in total. The second-order valence-corrected chi connectivity index (χ2v) is 6.12. The maximum Gasteiger partial charge on any atom is 0.141 e. The van der Waals surface area contributed by atoms with Crippen molar-refractivity contribution in [1.29, 1.82) is 5.26 Å². The third-order valence-corrected chi connectivity index (χ3v) is 4.34. The topological polar surface area (TPSA) is 83.2 Å². The molecule has 1 atom stereocenters. The van der Waals surface area contributed by atoms with Crippen LogP contribution in [0, 0.1) is 17.2 Å². The number of rotatable bonds is 8. The third-order valence-electron chi connectivity index (χ3n) is 4.34. The van der Waals surface area contributed by atoms with Gasteiger partial charge in [0, 0.05) is 36.3 Å². The zero-order valence-corrected chi connectivity index (χ0v) is 13.9. The lowest BCUT2D eigenvalue weighted by molar-refractivity contribution is 0.364. The van der Waals surface area contributed by atoms with Gasteiger partial charge in [-0.2, -0.15) is 10.4 Å². The lowest BCUT2D eigenvalue weighted by atomic mass is 9.97. The van der Waals surface area contributed by atoms with E-state index < -0.39 is 0 Å². The molecule has 24 heavy (non-hydrogen) atoms. The first-order valence-corrected chi connectivity index (χ1v) is 8.49. The van der Waals surface area contributed by atoms with Crippen molar-refractivity contribution in [3.05, 3.63) is 31.0 Å². The number of hydrogen-bond donors (Lipinski definition) is 1. The summed E-state index contributed by atoms with van der Waals surface area (Å²) in [5, 5.41) is 14.4. The first-order valence-electron chi connectivity index (χ1n) is 8.49. The van der Waals surface area contributed by atoms with E-state index in [1.54, 1.807) is 6.33 Å². The minimum absolute atomic E-state index is 0.495. The number of hydrogen-bond acceptors (Lipinski definition) is 4. The van der Waals surface area contributed by atoms with Gasteiger partial charge in [0.05, 0.1) is 18.0 Å². The minimum Gasteiger partial charge on any atom is -0.346 e. The molecule has 3 rings (SSSR count). The molecule has 0 radical (unpaired) electrons. The van der Waals surface area contributed by atoms with Crippen LogP contribution in [0.15, 0.2) is 31.0 Å². The molecule has 3 aromatic rings. The molecule has 1 unspecified atom stereocenters. The molecule has 0 amide bonds. The highest BCUT2D eigenvalue weighted by Crippen LogP contribution is 2.25. The number of nitrogens with one attached hydrogen (secondary N) is 1. The molecule has 3 heterocycles. The van der Waals surface area contributed by atoms with Crippen LogP contribution in [-0.4, -0.2) is 24.7 Å². The van der Waals surface area contributed by atoms with Gasteiger partial charge in [0.15, 0.2) is 0 Å². The van der Waals surface area contributed by atoms with Crippen molar-refractivity contribution in [3.63, 3.8) is 0 Å². The molecule has 3 aromatic heterocycles. The van der Waals surface area contributed by atoms with E-state index in [4.69, 9.17) is 5.26 Å². The number of fused-ring (bicyclic) bond motifs is 1. The van der Waals surface area contributed by atoms with Crippen LogP contribution in [0.2, 0.25) is 0 Å². The molecule has 0 spiro atoms. The monoisotopic (exact) mass is 322 g/mol. The van der Waals surface area contributed by atoms with E-state index >= 15 is 0 Å². The fourth-order valence-electron chi connectivity index (χ4n) is 3.04. The van der Waals surface area contributed by atoms with E-state index in [-0.39, 0.29) is 0 Å². The molecule has 124 valence electrons. The summed E-state index contributed by atoms with van der Waals surface area (Å²) in [4.78, 5) is 11.7. The third kappa shape index (κ3) is 3.62. The molecule has 0 aliphatic heterocycles. The van der Waals surface area contributed by atoms with Crippen LogP contribution < -0.4 is 0 Å². The molecular formula is C18H22N6. The number of unbranched alkanes of at least 4 members (excludes halogenated alkanes) is 1. The lowest BCUT2D eigenvalue weighted by Gasteiger charge is -2.15. The predicted octanol–water partition coefficient (Wildman–Crippen LogP) is 3.93. The lowest BCUT2D eigenvalue weighted by Crippen LogP contribution is -2.11. The van der Waals surface area contributed by atoms with E-state index in [0.29, 0.717) is 12.3 Å². The SMILES string of the molecule is CCCCC(CCC#N)Cn1cc(-c2ncnc3[nH]ccc23)cn1. The average Bonchev–Trinajstić information content (AvgIpc) is 3.26. The second kappa shape index (κ2) is 7.73. The van der Waals surface area contributed by atoms with Gasteiger partial charge in [-0.05, 0) is 24.8 Å². The van der Waals surface area contributed by atoms with Crippen molar-refractivity contribution in [2.24, 2.45) is 5.92 Å². The van der Waals surface area contributed by atoms with Crippen molar-refractivity contribution in [1.82, 2.24) is 24.7 Å². The molecule has 6 heteroatoms. The summed E-state index contributed by atoms with van der Waals surface area (Å²) in [5.74, 6) is 0.495. The molecule has 0 fully saturated rings. The molecule has 0 saturated carbocycles. The molecule has 0 saturated heterocycles. The van der Waals surface area contributed by atoms with Crippen LogP contribution in [0.5, 0.6) is 0 Å². The zero-order chi connectivity index (χ0) is 16.8. The van der Waals surface area contributed by atoms with Gasteiger partial charge < -0.3 is 4.98 Å². The second-order valence-electron chi connectivity index (χ2n) is 6.12.